The van der Waals surface area contributed by atoms with Gasteiger partial charge in [0.15, 0.2) is 5.78 Å². The number of anilines is 2. The lowest BCUT2D eigenvalue weighted by Crippen LogP contribution is -2.73. The molecular weight excluding hydrogens is 688 g/mol. The Morgan fingerprint density at radius 3 is 1.53 bits per heavy atom. The molecule has 2 bridgehead atoms. The van der Waals surface area contributed by atoms with Crippen molar-refractivity contribution in [3.8, 4) is 0 Å². The van der Waals surface area contributed by atoms with Gasteiger partial charge in [0, 0.05) is 16.6 Å². The fraction of sp³-hybridized carbons (Fsp3) is 0.235. The van der Waals surface area contributed by atoms with Crippen LogP contribution in [0.3, 0.4) is 0 Å². The number of hydrogen-bond donors (Lipinski definition) is 1. The van der Waals surface area contributed by atoms with E-state index in [1.165, 1.54) is 49.4 Å². The summed E-state index contributed by atoms with van der Waals surface area (Å²) >= 11 is 24.8. The number of nitrogens with zero attached hydrogens (tertiary/aromatic N) is 2. The number of allylic oxidation sites excluding steroid dienone is 1. The van der Waals surface area contributed by atoms with E-state index in [9.17, 15) is 28.8 Å². The van der Waals surface area contributed by atoms with Gasteiger partial charge in [-0.15, -0.1) is 0 Å². The molecule has 2 unspecified atom stereocenters. The van der Waals surface area contributed by atoms with Gasteiger partial charge in [0.2, 0.25) is 23.6 Å². The Kier molecular flexibility index (Phi) is 7.22. The first-order valence-electron chi connectivity index (χ1n) is 14.5. The van der Waals surface area contributed by atoms with Gasteiger partial charge in [-0.1, -0.05) is 77.6 Å². The molecule has 2 heterocycles. The number of amides is 5. The third kappa shape index (κ3) is 4.23. The Labute approximate surface area is 288 Å². The number of halogens is 4. The van der Waals surface area contributed by atoms with E-state index in [0.717, 1.165) is 9.80 Å². The molecule has 0 radical (unpaired) electrons. The molecule has 5 amide bonds. The van der Waals surface area contributed by atoms with Crippen LogP contribution in [0.25, 0.3) is 0 Å². The Morgan fingerprint density at radius 2 is 1.11 bits per heavy atom. The number of hydrogen-bond acceptors (Lipinski definition) is 6. The zero-order chi connectivity index (χ0) is 33.7. The lowest BCUT2D eigenvalue weighted by molar-refractivity contribution is -0.152. The maximum atomic E-state index is 14.6. The van der Waals surface area contributed by atoms with E-state index in [1.807, 2.05) is 0 Å². The second-order valence-corrected chi connectivity index (χ2v) is 13.9. The highest BCUT2D eigenvalue weighted by Gasteiger charge is 2.80. The van der Waals surface area contributed by atoms with Crippen LogP contribution < -0.4 is 15.1 Å². The maximum Gasteiger partial charge on any atom is 0.252 e. The van der Waals surface area contributed by atoms with Crippen molar-refractivity contribution in [2.75, 3.05) is 9.80 Å². The number of carbonyl (C=O) groups excluding carboxylic acids is 6. The van der Waals surface area contributed by atoms with Crippen LogP contribution in [0.2, 0.25) is 20.1 Å². The van der Waals surface area contributed by atoms with Crippen molar-refractivity contribution in [1.29, 1.82) is 0 Å². The van der Waals surface area contributed by atoms with Crippen LogP contribution in [0.15, 0.2) is 78.4 Å². The molecule has 8 rings (SSSR count). The number of ketones is 1. The van der Waals surface area contributed by atoms with E-state index < -0.39 is 69.9 Å². The molecule has 3 aromatic rings. The minimum atomic E-state index is -1.98. The number of rotatable bonds is 5. The van der Waals surface area contributed by atoms with Crippen LogP contribution >= 0.6 is 46.4 Å². The van der Waals surface area contributed by atoms with Crippen molar-refractivity contribution in [3.05, 3.63) is 104 Å². The van der Waals surface area contributed by atoms with Gasteiger partial charge < -0.3 is 5.32 Å². The molecule has 9 nitrogen and oxygen atoms in total. The van der Waals surface area contributed by atoms with Gasteiger partial charge in [-0.25, -0.2) is 9.80 Å². The average Bonchev–Trinajstić information content (AvgIpc) is 3.48. The quantitative estimate of drug-likeness (QED) is 0.328. The number of benzene rings is 3. The fourth-order valence-corrected chi connectivity index (χ4v) is 8.68. The first-order chi connectivity index (χ1) is 22.2. The molecule has 2 saturated heterocycles. The molecule has 1 saturated carbocycles. The Bertz CT molecular complexity index is 1920. The summed E-state index contributed by atoms with van der Waals surface area (Å²) in [6.07, 6.45) is 1.42. The summed E-state index contributed by atoms with van der Waals surface area (Å²) in [4.78, 5) is 87.6. The van der Waals surface area contributed by atoms with Gasteiger partial charge in [-0.2, -0.15) is 0 Å². The van der Waals surface area contributed by atoms with E-state index >= 15 is 0 Å². The normalized spacial score (nSPS) is 29.2. The minimum Gasteiger partial charge on any atom is -0.341 e. The fourth-order valence-electron chi connectivity index (χ4n) is 8.09. The van der Waals surface area contributed by atoms with Crippen molar-refractivity contribution in [3.63, 3.8) is 0 Å². The standard InChI is InChI=1S/C34H23Cl4N3O6/c1-15(42)19-14-34(39-28(43)16-6-4-3-5-7-16)26-24(29(44)40(31(26)46)17-8-10-20(35)22(37)12-17)33(19,2)25-27(34)32(47)41(30(25)45)18-9-11-21(36)23(38)13-18/h3-14,24-27H,1-2H3,(H,39,43)/t24-,25+,26+,27-,33?,34?. The second kappa shape index (κ2) is 10.8. The molecule has 238 valence electrons. The molecule has 3 fully saturated rings. The third-order valence-electron chi connectivity index (χ3n) is 9.97. The van der Waals surface area contributed by atoms with Crippen LogP contribution in [0, 0.1) is 29.1 Å². The number of imide groups is 2. The first kappa shape index (κ1) is 31.6. The highest BCUT2D eigenvalue weighted by Crippen LogP contribution is 2.68. The average molecular weight is 711 g/mol. The molecule has 3 aliphatic carbocycles. The predicted molar refractivity (Wildman–Crippen MR) is 175 cm³/mol. The van der Waals surface area contributed by atoms with Crippen LogP contribution in [0.5, 0.6) is 0 Å². The lowest BCUT2D eigenvalue weighted by atomic mass is 9.41. The highest BCUT2D eigenvalue weighted by molar-refractivity contribution is 6.43. The largest absolute Gasteiger partial charge is 0.341 e. The number of Topliss-reactive ketones (excluding diaryl/α,β-unsaturated/α-hetero) is 1. The van der Waals surface area contributed by atoms with Crippen molar-refractivity contribution < 1.29 is 28.8 Å². The van der Waals surface area contributed by atoms with E-state index in [4.69, 9.17) is 46.4 Å². The van der Waals surface area contributed by atoms with E-state index in [-0.39, 0.29) is 42.6 Å². The molecule has 1 N–H and O–H groups in total. The Morgan fingerprint density at radius 1 is 0.660 bits per heavy atom. The van der Waals surface area contributed by atoms with Crippen molar-refractivity contribution in [2.45, 2.75) is 19.4 Å². The molecule has 0 aromatic heterocycles. The number of nitrogens with one attached hydrogen (secondary N) is 1. The predicted octanol–water partition coefficient (Wildman–Crippen LogP) is 5.93. The maximum absolute atomic E-state index is 14.6. The van der Waals surface area contributed by atoms with Crippen molar-refractivity contribution >= 4 is 93.1 Å². The molecule has 5 aliphatic rings. The van der Waals surface area contributed by atoms with Crippen LogP contribution in [0.1, 0.15) is 24.2 Å². The van der Waals surface area contributed by atoms with Gasteiger partial charge in [0.1, 0.15) is 0 Å². The van der Waals surface area contributed by atoms with E-state index in [2.05, 4.69) is 5.32 Å². The smallest absolute Gasteiger partial charge is 0.252 e. The summed E-state index contributed by atoms with van der Waals surface area (Å²) in [5.74, 6) is -9.44. The van der Waals surface area contributed by atoms with Crippen LogP contribution in [0.4, 0.5) is 11.4 Å². The van der Waals surface area contributed by atoms with Gasteiger partial charge >= 0.3 is 0 Å². The summed E-state index contributed by atoms with van der Waals surface area (Å²) in [7, 11) is 0. The summed E-state index contributed by atoms with van der Waals surface area (Å²) < 4.78 is 0. The molecule has 13 heteroatoms. The first-order valence-corrected chi connectivity index (χ1v) is 16.0. The van der Waals surface area contributed by atoms with Crippen molar-refractivity contribution in [2.24, 2.45) is 29.1 Å². The van der Waals surface area contributed by atoms with E-state index in [1.54, 1.807) is 37.3 Å². The van der Waals surface area contributed by atoms with E-state index in [0.29, 0.717) is 0 Å². The Balaban J connectivity index is 1.48. The van der Waals surface area contributed by atoms with Crippen LogP contribution in [-0.4, -0.2) is 40.9 Å². The van der Waals surface area contributed by atoms with Crippen molar-refractivity contribution in [1.82, 2.24) is 5.32 Å². The highest BCUT2D eigenvalue weighted by atomic mass is 35.5. The SMILES string of the molecule is CC(=O)C1=CC2(NC(=O)c3ccccc3)[C@@H]3C(=O)N(c4ccc(Cl)c(Cl)c4)C(=O)[C@@H]3C1(C)[C@@H]1C(=O)N(c3ccc(Cl)c(Cl)c3)C(=O)[C@@H]12. The third-order valence-corrected chi connectivity index (χ3v) is 11.4. The molecule has 3 aromatic carbocycles. The number of carbonyl (C=O) groups is 6. The molecule has 47 heavy (non-hydrogen) atoms. The zero-order valence-electron chi connectivity index (χ0n) is 24.6. The summed E-state index contributed by atoms with van der Waals surface area (Å²) in [5, 5.41) is 3.47. The van der Waals surface area contributed by atoms with Gasteiger partial charge in [0.25, 0.3) is 5.91 Å². The van der Waals surface area contributed by atoms with Crippen LogP contribution in [-0.2, 0) is 24.0 Å². The molecular formula is C34H23Cl4N3O6. The molecule has 2 aliphatic heterocycles. The monoisotopic (exact) mass is 709 g/mol. The Hall–Kier alpha value is -4.02. The summed E-state index contributed by atoms with van der Waals surface area (Å²) in [6.45, 7) is 2.84. The zero-order valence-corrected chi connectivity index (χ0v) is 27.6. The topological polar surface area (TPSA) is 121 Å². The molecule has 6 atom stereocenters. The molecule has 0 spiro atoms. The lowest BCUT2D eigenvalue weighted by Gasteiger charge is -2.59. The second-order valence-electron chi connectivity index (χ2n) is 12.3. The van der Waals surface area contributed by atoms with Gasteiger partial charge in [0.05, 0.1) is 60.7 Å². The summed E-state index contributed by atoms with van der Waals surface area (Å²) in [6, 6.07) is 16.6. The summed E-state index contributed by atoms with van der Waals surface area (Å²) in [5.41, 5.74) is -3.13. The van der Waals surface area contributed by atoms with Gasteiger partial charge in [-0.05, 0) is 55.5 Å². The minimum absolute atomic E-state index is 0.0580. The van der Waals surface area contributed by atoms with Gasteiger partial charge in [-0.3, -0.25) is 28.8 Å².